The molecule has 0 radical (unpaired) electrons. The predicted molar refractivity (Wildman–Crippen MR) is 80.6 cm³/mol. The van der Waals surface area contributed by atoms with Crippen LogP contribution in [0.2, 0.25) is 0 Å². The fourth-order valence-electron chi connectivity index (χ4n) is 2.07. The SMILES string of the molecule is Cc1ccc(S(=O)(=O)NC[C@@H](C)n2nc(C)nc2C)cc1. The molecule has 0 aliphatic heterocycles. The monoisotopic (exact) mass is 308 g/mol. The largest absolute Gasteiger partial charge is 0.246 e. The molecule has 21 heavy (non-hydrogen) atoms. The molecule has 1 aromatic carbocycles. The van der Waals surface area contributed by atoms with Crippen molar-refractivity contribution in [1.29, 1.82) is 0 Å². The third kappa shape index (κ3) is 3.68. The third-order valence-corrected chi connectivity index (χ3v) is 4.66. The van der Waals surface area contributed by atoms with Crippen molar-refractivity contribution in [3.63, 3.8) is 0 Å². The number of aromatic nitrogens is 3. The van der Waals surface area contributed by atoms with Crippen LogP contribution in [-0.2, 0) is 10.0 Å². The molecule has 0 saturated heterocycles. The molecule has 1 aromatic heterocycles. The van der Waals surface area contributed by atoms with Gasteiger partial charge < -0.3 is 0 Å². The fraction of sp³-hybridized carbons (Fsp3) is 0.429. The Morgan fingerprint density at radius 2 is 1.81 bits per heavy atom. The Bertz CT molecular complexity index is 720. The number of nitrogens with one attached hydrogen (secondary N) is 1. The van der Waals surface area contributed by atoms with E-state index in [1.807, 2.05) is 27.7 Å². The Labute approximate surface area is 125 Å². The lowest BCUT2D eigenvalue weighted by molar-refractivity contribution is 0.466. The Kier molecular flexibility index (Phi) is 4.43. The quantitative estimate of drug-likeness (QED) is 0.913. The van der Waals surface area contributed by atoms with Gasteiger partial charge in [-0.2, -0.15) is 5.10 Å². The molecular formula is C14H20N4O2S. The van der Waals surface area contributed by atoms with Crippen molar-refractivity contribution in [2.24, 2.45) is 0 Å². The van der Waals surface area contributed by atoms with Gasteiger partial charge in [-0.25, -0.2) is 22.8 Å². The highest BCUT2D eigenvalue weighted by atomic mass is 32.2. The van der Waals surface area contributed by atoms with E-state index in [0.29, 0.717) is 5.82 Å². The van der Waals surface area contributed by atoms with E-state index in [1.165, 1.54) is 0 Å². The van der Waals surface area contributed by atoms with E-state index >= 15 is 0 Å². The van der Waals surface area contributed by atoms with Gasteiger partial charge in [0.15, 0.2) is 0 Å². The van der Waals surface area contributed by atoms with Crippen molar-refractivity contribution in [2.45, 2.75) is 38.6 Å². The Hall–Kier alpha value is -1.73. The van der Waals surface area contributed by atoms with Crippen molar-refractivity contribution in [3.8, 4) is 0 Å². The summed E-state index contributed by atoms with van der Waals surface area (Å²) in [5.41, 5.74) is 1.02. The van der Waals surface area contributed by atoms with Crippen LogP contribution in [0, 0.1) is 20.8 Å². The van der Waals surface area contributed by atoms with Gasteiger partial charge >= 0.3 is 0 Å². The summed E-state index contributed by atoms with van der Waals surface area (Å²) in [4.78, 5) is 4.49. The number of nitrogens with zero attached hydrogens (tertiary/aromatic N) is 3. The highest BCUT2D eigenvalue weighted by Gasteiger charge is 2.17. The summed E-state index contributed by atoms with van der Waals surface area (Å²) in [5.74, 6) is 1.45. The van der Waals surface area contributed by atoms with Gasteiger partial charge in [0, 0.05) is 6.54 Å². The molecule has 7 heteroatoms. The van der Waals surface area contributed by atoms with Crippen LogP contribution in [0.4, 0.5) is 0 Å². The summed E-state index contributed by atoms with van der Waals surface area (Å²) in [6, 6.07) is 6.66. The van der Waals surface area contributed by atoms with Crippen LogP contribution in [-0.4, -0.2) is 29.7 Å². The molecule has 0 bridgehead atoms. The first-order valence-electron chi connectivity index (χ1n) is 6.75. The smallest absolute Gasteiger partial charge is 0.240 e. The highest BCUT2D eigenvalue weighted by Crippen LogP contribution is 2.12. The maximum absolute atomic E-state index is 12.2. The highest BCUT2D eigenvalue weighted by molar-refractivity contribution is 7.89. The summed E-state index contributed by atoms with van der Waals surface area (Å²) in [6.07, 6.45) is 0. The first kappa shape index (κ1) is 15.7. The second-order valence-electron chi connectivity index (χ2n) is 5.16. The lowest BCUT2D eigenvalue weighted by Gasteiger charge is -2.14. The van der Waals surface area contributed by atoms with E-state index in [-0.39, 0.29) is 17.5 Å². The van der Waals surface area contributed by atoms with Crippen molar-refractivity contribution < 1.29 is 8.42 Å². The molecule has 2 aromatic rings. The number of sulfonamides is 1. The predicted octanol–water partition coefficient (Wildman–Crippen LogP) is 1.74. The topological polar surface area (TPSA) is 76.9 Å². The van der Waals surface area contributed by atoms with Crippen LogP contribution in [0.25, 0.3) is 0 Å². The molecule has 1 heterocycles. The minimum absolute atomic E-state index is 0.105. The average molecular weight is 308 g/mol. The number of benzene rings is 1. The minimum Gasteiger partial charge on any atom is -0.246 e. The third-order valence-electron chi connectivity index (χ3n) is 3.23. The number of rotatable bonds is 5. The fourth-order valence-corrected chi connectivity index (χ4v) is 3.19. The van der Waals surface area contributed by atoms with Crippen LogP contribution in [0.1, 0.15) is 30.2 Å². The molecule has 0 spiro atoms. The summed E-state index contributed by atoms with van der Waals surface area (Å²) in [6.45, 7) is 7.75. The number of hydrogen-bond donors (Lipinski definition) is 1. The Morgan fingerprint density at radius 1 is 1.19 bits per heavy atom. The molecule has 6 nitrogen and oxygen atoms in total. The van der Waals surface area contributed by atoms with Crippen molar-refractivity contribution in [2.75, 3.05) is 6.54 Å². The molecule has 0 unspecified atom stereocenters. The molecule has 0 saturated carbocycles. The normalized spacial score (nSPS) is 13.3. The molecule has 0 fully saturated rings. The van der Waals surface area contributed by atoms with Crippen LogP contribution in [0.3, 0.4) is 0 Å². The summed E-state index contributed by atoms with van der Waals surface area (Å²) < 4.78 is 28.8. The van der Waals surface area contributed by atoms with Crippen molar-refractivity contribution in [3.05, 3.63) is 41.5 Å². The maximum atomic E-state index is 12.2. The van der Waals surface area contributed by atoms with E-state index in [2.05, 4.69) is 14.8 Å². The van der Waals surface area contributed by atoms with Gasteiger partial charge in [-0.15, -0.1) is 0 Å². The molecule has 114 valence electrons. The molecule has 0 amide bonds. The molecule has 0 aliphatic carbocycles. The van der Waals surface area contributed by atoms with E-state index < -0.39 is 10.0 Å². The van der Waals surface area contributed by atoms with Gasteiger partial charge in [0.2, 0.25) is 10.0 Å². The first-order chi connectivity index (χ1) is 9.79. The molecule has 1 atom stereocenters. The number of aryl methyl sites for hydroxylation is 3. The maximum Gasteiger partial charge on any atom is 0.240 e. The second-order valence-corrected chi connectivity index (χ2v) is 6.93. The van der Waals surface area contributed by atoms with Crippen LogP contribution in [0.5, 0.6) is 0 Å². The first-order valence-corrected chi connectivity index (χ1v) is 8.24. The molecule has 0 aliphatic rings. The van der Waals surface area contributed by atoms with Gasteiger partial charge in [-0.1, -0.05) is 17.7 Å². The molecule has 2 rings (SSSR count). The average Bonchev–Trinajstić information content (AvgIpc) is 2.76. The van der Waals surface area contributed by atoms with Gasteiger partial charge in [0.25, 0.3) is 0 Å². The molecular weight excluding hydrogens is 288 g/mol. The van der Waals surface area contributed by atoms with Crippen LogP contribution >= 0.6 is 0 Å². The zero-order chi connectivity index (χ0) is 15.6. The van der Waals surface area contributed by atoms with E-state index in [4.69, 9.17) is 0 Å². The van der Waals surface area contributed by atoms with Crippen LogP contribution < -0.4 is 4.72 Å². The zero-order valence-electron chi connectivity index (χ0n) is 12.7. The van der Waals surface area contributed by atoms with Gasteiger partial charge in [-0.05, 0) is 39.8 Å². The summed E-state index contributed by atoms with van der Waals surface area (Å²) >= 11 is 0. The van der Waals surface area contributed by atoms with Gasteiger partial charge in [0.05, 0.1) is 10.9 Å². The van der Waals surface area contributed by atoms with Crippen LogP contribution in [0.15, 0.2) is 29.2 Å². The van der Waals surface area contributed by atoms with Gasteiger partial charge in [0.1, 0.15) is 11.6 Å². The zero-order valence-corrected chi connectivity index (χ0v) is 13.5. The summed E-state index contributed by atoms with van der Waals surface area (Å²) in [7, 11) is -3.50. The Morgan fingerprint density at radius 3 is 2.33 bits per heavy atom. The van der Waals surface area contributed by atoms with E-state index in [0.717, 1.165) is 11.4 Å². The van der Waals surface area contributed by atoms with Crippen molar-refractivity contribution >= 4 is 10.0 Å². The second kappa shape index (κ2) is 5.95. The summed E-state index contributed by atoms with van der Waals surface area (Å²) in [5, 5.41) is 4.27. The van der Waals surface area contributed by atoms with Gasteiger partial charge in [-0.3, -0.25) is 0 Å². The Balaban J connectivity index is 2.08. The van der Waals surface area contributed by atoms with E-state index in [9.17, 15) is 8.42 Å². The lowest BCUT2D eigenvalue weighted by Crippen LogP contribution is -2.30. The molecule has 1 N–H and O–H groups in total. The minimum atomic E-state index is -3.50. The van der Waals surface area contributed by atoms with Crippen molar-refractivity contribution in [1.82, 2.24) is 19.5 Å². The van der Waals surface area contributed by atoms with E-state index in [1.54, 1.807) is 28.9 Å². The number of hydrogen-bond acceptors (Lipinski definition) is 4. The standard InChI is InChI=1S/C14H20N4O2S/c1-10-5-7-14(8-6-10)21(19,20)15-9-11(2)18-13(4)16-12(3)17-18/h5-8,11,15H,9H2,1-4H3/t11-/m1/s1. The lowest BCUT2D eigenvalue weighted by atomic mass is 10.2.